The molecule has 5 rings (SSSR count). The Balaban J connectivity index is 1.63. The van der Waals surface area contributed by atoms with E-state index in [1.54, 1.807) is 36.4 Å². The van der Waals surface area contributed by atoms with Crippen molar-refractivity contribution in [3.8, 4) is 0 Å². The summed E-state index contributed by atoms with van der Waals surface area (Å²) < 4.78 is 14.4. The van der Waals surface area contributed by atoms with Gasteiger partial charge >= 0.3 is 0 Å². The summed E-state index contributed by atoms with van der Waals surface area (Å²) in [6.45, 7) is 0. The number of hydrogen-bond acceptors (Lipinski definition) is 4. The molecule has 3 aromatic carbocycles. The van der Waals surface area contributed by atoms with E-state index in [1.165, 1.54) is 23.3 Å². The van der Waals surface area contributed by atoms with Gasteiger partial charge in [-0.15, -0.1) is 0 Å². The first kappa shape index (κ1) is 20.0. The van der Waals surface area contributed by atoms with Gasteiger partial charge in [0, 0.05) is 10.0 Å². The van der Waals surface area contributed by atoms with Crippen LogP contribution >= 0.6 is 23.2 Å². The second kappa shape index (κ2) is 7.64. The quantitative estimate of drug-likeness (QED) is 0.509. The number of para-hydroxylation sites is 2. The van der Waals surface area contributed by atoms with Crippen LogP contribution in [0, 0.1) is 11.7 Å². The standard InChI is InChI=1S/C23H15Cl2FN2O3/c24-13-10-11-15(16(25)12-13)20-19-21(31-28(20)14-6-2-1-3-7-14)23(30)27(22(19)29)18-9-5-4-8-17(18)26/h1-12,19-21H/t19-,20-,21+/m0/s1. The van der Waals surface area contributed by atoms with Crippen molar-refractivity contribution in [2.24, 2.45) is 5.92 Å². The Morgan fingerprint density at radius 2 is 1.58 bits per heavy atom. The molecule has 0 aromatic heterocycles. The van der Waals surface area contributed by atoms with Gasteiger partial charge in [-0.3, -0.25) is 14.4 Å². The van der Waals surface area contributed by atoms with E-state index in [9.17, 15) is 14.0 Å². The van der Waals surface area contributed by atoms with Crippen LogP contribution < -0.4 is 9.96 Å². The minimum atomic E-state index is -1.11. The summed E-state index contributed by atoms with van der Waals surface area (Å²) in [5, 5.41) is 2.31. The van der Waals surface area contributed by atoms with Crippen molar-refractivity contribution >= 4 is 46.4 Å². The number of carbonyl (C=O) groups is 2. The van der Waals surface area contributed by atoms with Gasteiger partial charge < -0.3 is 0 Å². The van der Waals surface area contributed by atoms with Gasteiger partial charge in [-0.05, 0) is 42.0 Å². The lowest BCUT2D eigenvalue weighted by atomic mass is 9.90. The number of halogens is 3. The van der Waals surface area contributed by atoms with Crippen molar-refractivity contribution < 1.29 is 18.8 Å². The largest absolute Gasteiger partial charge is 0.273 e. The van der Waals surface area contributed by atoms with Crippen LogP contribution in [0.2, 0.25) is 10.0 Å². The molecule has 0 N–H and O–H groups in total. The first-order valence-corrected chi connectivity index (χ1v) is 10.3. The highest BCUT2D eigenvalue weighted by Gasteiger charge is 2.60. The van der Waals surface area contributed by atoms with Crippen LogP contribution in [0.1, 0.15) is 11.6 Å². The van der Waals surface area contributed by atoms with Crippen LogP contribution in [-0.4, -0.2) is 17.9 Å². The number of anilines is 2. The minimum Gasteiger partial charge on any atom is -0.273 e. The Labute approximate surface area is 187 Å². The van der Waals surface area contributed by atoms with E-state index >= 15 is 0 Å². The molecule has 3 atom stereocenters. The fourth-order valence-corrected chi connectivity index (χ4v) is 4.66. The first-order chi connectivity index (χ1) is 15.0. The Morgan fingerprint density at radius 3 is 2.29 bits per heavy atom. The summed E-state index contributed by atoms with van der Waals surface area (Å²) in [5.41, 5.74) is 1.15. The summed E-state index contributed by atoms with van der Waals surface area (Å²) in [6, 6.07) is 19.0. The molecule has 2 aliphatic rings. The number of carbonyl (C=O) groups excluding carboxylic acids is 2. The zero-order chi connectivity index (χ0) is 21.7. The number of fused-ring (bicyclic) bond motifs is 1. The number of benzene rings is 3. The first-order valence-electron chi connectivity index (χ1n) is 9.55. The number of nitrogens with zero attached hydrogens (tertiary/aromatic N) is 2. The van der Waals surface area contributed by atoms with Crippen molar-refractivity contribution in [3.05, 3.63) is 94.2 Å². The highest BCUT2D eigenvalue weighted by molar-refractivity contribution is 6.35. The molecule has 0 spiro atoms. The Morgan fingerprint density at radius 1 is 0.871 bits per heavy atom. The average molecular weight is 457 g/mol. The lowest BCUT2D eigenvalue weighted by Gasteiger charge is -2.29. The van der Waals surface area contributed by atoms with Gasteiger partial charge in [0.25, 0.3) is 5.91 Å². The van der Waals surface area contributed by atoms with E-state index in [0.717, 1.165) is 4.90 Å². The fraction of sp³-hybridized carbons (Fsp3) is 0.130. The summed E-state index contributed by atoms with van der Waals surface area (Å²) in [6.07, 6.45) is -1.11. The third-order valence-electron chi connectivity index (χ3n) is 5.50. The van der Waals surface area contributed by atoms with Gasteiger partial charge in [-0.2, -0.15) is 0 Å². The summed E-state index contributed by atoms with van der Waals surface area (Å²) in [7, 11) is 0. The summed E-state index contributed by atoms with van der Waals surface area (Å²) >= 11 is 12.5. The van der Waals surface area contributed by atoms with Crippen LogP contribution in [0.3, 0.4) is 0 Å². The maximum atomic E-state index is 14.4. The lowest BCUT2D eigenvalue weighted by molar-refractivity contribution is -0.126. The molecule has 2 amide bonds. The molecule has 2 fully saturated rings. The summed E-state index contributed by atoms with van der Waals surface area (Å²) in [4.78, 5) is 33.5. The fourth-order valence-electron chi connectivity index (χ4n) is 4.14. The van der Waals surface area contributed by atoms with Crippen LogP contribution in [0.5, 0.6) is 0 Å². The Hall–Kier alpha value is -2.93. The molecule has 5 nitrogen and oxygen atoms in total. The predicted octanol–water partition coefficient (Wildman–Crippen LogP) is 5.18. The van der Waals surface area contributed by atoms with Gasteiger partial charge in [0.15, 0.2) is 6.10 Å². The van der Waals surface area contributed by atoms with E-state index in [0.29, 0.717) is 21.3 Å². The third-order valence-corrected chi connectivity index (χ3v) is 6.06. The monoisotopic (exact) mass is 456 g/mol. The smallest absolute Gasteiger partial charge is 0.266 e. The molecule has 0 aliphatic carbocycles. The number of amides is 2. The van der Waals surface area contributed by atoms with E-state index in [2.05, 4.69) is 0 Å². The summed E-state index contributed by atoms with van der Waals surface area (Å²) in [5.74, 6) is -2.74. The maximum Gasteiger partial charge on any atom is 0.266 e. The van der Waals surface area contributed by atoms with Crippen molar-refractivity contribution in [1.29, 1.82) is 0 Å². The molecule has 31 heavy (non-hydrogen) atoms. The van der Waals surface area contributed by atoms with Gasteiger partial charge in [0.2, 0.25) is 5.91 Å². The third kappa shape index (κ3) is 3.19. The van der Waals surface area contributed by atoms with Crippen molar-refractivity contribution in [2.75, 3.05) is 9.96 Å². The SMILES string of the molecule is O=C1[C@@H]2[C@@H](ON(c3ccccc3)[C@H]2c2ccc(Cl)cc2Cl)C(=O)N1c1ccccc1F. The zero-order valence-corrected chi connectivity index (χ0v) is 17.4. The average Bonchev–Trinajstić information content (AvgIpc) is 3.26. The van der Waals surface area contributed by atoms with Gasteiger partial charge in [-0.1, -0.05) is 59.6 Å². The molecule has 0 bridgehead atoms. The number of rotatable bonds is 3. The second-order valence-corrected chi connectivity index (χ2v) is 8.13. The van der Waals surface area contributed by atoms with Crippen molar-refractivity contribution in [1.82, 2.24) is 0 Å². The topological polar surface area (TPSA) is 49.9 Å². The highest BCUT2D eigenvalue weighted by atomic mass is 35.5. The van der Waals surface area contributed by atoms with Crippen LogP contribution in [0.15, 0.2) is 72.8 Å². The molecule has 2 aliphatic heterocycles. The molecule has 0 unspecified atom stereocenters. The molecular weight excluding hydrogens is 442 g/mol. The molecule has 3 aromatic rings. The van der Waals surface area contributed by atoms with Gasteiger partial charge in [0.05, 0.1) is 17.4 Å². The molecule has 0 radical (unpaired) electrons. The maximum absolute atomic E-state index is 14.4. The molecule has 0 saturated carbocycles. The zero-order valence-electron chi connectivity index (χ0n) is 15.9. The molecule has 2 heterocycles. The molecule has 2 saturated heterocycles. The Bertz CT molecular complexity index is 1190. The van der Waals surface area contributed by atoms with Gasteiger partial charge in [0.1, 0.15) is 11.7 Å². The predicted molar refractivity (Wildman–Crippen MR) is 115 cm³/mol. The normalized spacial score (nSPS) is 22.9. The van der Waals surface area contributed by atoms with Crippen LogP contribution in [0.4, 0.5) is 15.8 Å². The Kier molecular flexibility index (Phi) is 4.93. The van der Waals surface area contributed by atoms with Crippen LogP contribution in [0.25, 0.3) is 0 Å². The minimum absolute atomic E-state index is 0.0947. The highest BCUT2D eigenvalue weighted by Crippen LogP contribution is 2.49. The second-order valence-electron chi connectivity index (χ2n) is 7.29. The lowest BCUT2D eigenvalue weighted by Crippen LogP contribution is -2.37. The van der Waals surface area contributed by atoms with E-state index < -0.39 is 35.7 Å². The van der Waals surface area contributed by atoms with E-state index in [-0.39, 0.29) is 5.69 Å². The van der Waals surface area contributed by atoms with Crippen molar-refractivity contribution in [2.45, 2.75) is 12.1 Å². The molecular formula is C23H15Cl2FN2O3. The van der Waals surface area contributed by atoms with E-state index in [4.69, 9.17) is 28.0 Å². The molecule has 156 valence electrons. The van der Waals surface area contributed by atoms with Crippen LogP contribution in [-0.2, 0) is 14.4 Å². The molecule has 8 heteroatoms. The van der Waals surface area contributed by atoms with E-state index in [1.807, 2.05) is 18.2 Å². The number of hydrogen-bond donors (Lipinski definition) is 0. The van der Waals surface area contributed by atoms with Crippen molar-refractivity contribution in [3.63, 3.8) is 0 Å². The number of hydroxylamine groups is 1. The number of imide groups is 1. The van der Waals surface area contributed by atoms with Gasteiger partial charge in [-0.25, -0.2) is 14.4 Å².